The molecule has 23 heavy (non-hydrogen) atoms. The van der Waals surface area contributed by atoms with E-state index in [1.807, 2.05) is 51.1 Å². The summed E-state index contributed by atoms with van der Waals surface area (Å²) in [7, 11) is 0. The van der Waals surface area contributed by atoms with Gasteiger partial charge < -0.3 is 4.74 Å². The number of hydrogen-bond acceptors (Lipinski definition) is 3. The molecule has 0 saturated heterocycles. The van der Waals surface area contributed by atoms with Crippen LogP contribution in [0.3, 0.4) is 0 Å². The number of halogens is 1. The minimum atomic E-state index is -0.225. The van der Waals surface area contributed by atoms with Gasteiger partial charge in [-0.3, -0.25) is 4.79 Å². The van der Waals surface area contributed by atoms with Gasteiger partial charge in [-0.25, -0.2) is 0 Å². The van der Waals surface area contributed by atoms with E-state index >= 15 is 0 Å². The molecule has 0 unspecified atom stereocenters. The Morgan fingerprint density at radius 2 is 1.78 bits per heavy atom. The van der Waals surface area contributed by atoms with Crippen LogP contribution in [0.15, 0.2) is 41.5 Å². The number of rotatable bonds is 2. The van der Waals surface area contributed by atoms with Crippen molar-refractivity contribution >= 4 is 29.1 Å². The van der Waals surface area contributed by atoms with Gasteiger partial charge in [0.05, 0.1) is 5.69 Å². The van der Waals surface area contributed by atoms with Gasteiger partial charge >= 0.3 is 0 Å². The molecule has 0 aliphatic carbocycles. The highest BCUT2D eigenvalue weighted by molar-refractivity contribution is 6.31. The van der Waals surface area contributed by atoms with E-state index in [9.17, 15) is 4.79 Å². The van der Waals surface area contributed by atoms with Gasteiger partial charge in [-0.1, -0.05) is 23.7 Å². The number of carbonyl (C=O) groups is 1. The number of carbonyl (C=O) groups excluding carboxylic acids is 1. The molecule has 118 valence electrons. The van der Waals surface area contributed by atoms with Crippen LogP contribution in [-0.4, -0.2) is 18.4 Å². The van der Waals surface area contributed by atoms with Crippen molar-refractivity contribution in [1.82, 2.24) is 0 Å². The van der Waals surface area contributed by atoms with E-state index in [0.29, 0.717) is 16.6 Å². The Morgan fingerprint density at radius 3 is 2.48 bits per heavy atom. The second-order valence-corrected chi connectivity index (χ2v) is 6.04. The lowest BCUT2D eigenvalue weighted by Crippen LogP contribution is -2.36. The van der Waals surface area contributed by atoms with Crippen molar-refractivity contribution in [2.24, 2.45) is 5.10 Å². The van der Waals surface area contributed by atoms with Gasteiger partial charge in [0.25, 0.3) is 5.91 Å². The van der Waals surface area contributed by atoms with E-state index in [-0.39, 0.29) is 12.5 Å². The van der Waals surface area contributed by atoms with Crippen LogP contribution in [-0.2, 0) is 9.53 Å². The molecule has 1 aliphatic heterocycles. The number of anilines is 1. The number of aryl methyl sites for hydroxylation is 3. The molecule has 0 bridgehead atoms. The Morgan fingerprint density at radius 1 is 1.04 bits per heavy atom. The minimum Gasteiger partial charge on any atom is -0.466 e. The fraction of sp³-hybridized carbons (Fsp3) is 0.222. The first-order valence-corrected chi connectivity index (χ1v) is 7.71. The molecule has 0 aromatic heterocycles. The highest BCUT2D eigenvalue weighted by Crippen LogP contribution is 2.25. The SMILES string of the molecule is Cc1ccc(C2=NN(c3ccc(C)c(Cl)c3)C(=O)CO2)cc1C. The van der Waals surface area contributed by atoms with E-state index in [2.05, 4.69) is 5.10 Å². The minimum absolute atomic E-state index is 0.0444. The third kappa shape index (κ3) is 3.08. The van der Waals surface area contributed by atoms with Gasteiger partial charge in [0.15, 0.2) is 6.61 Å². The third-order valence-electron chi connectivity index (χ3n) is 3.91. The summed E-state index contributed by atoms with van der Waals surface area (Å²) in [6, 6.07) is 11.4. The zero-order valence-electron chi connectivity index (χ0n) is 13.3. The molecule has 2 aromatic rings. The Hall–Kier alpha value is -2.33. The Kier molecular flexibility index (Phi) is 4.09. The first-order chi connectivity index (χ1) is 11.0. The number of hydrazone groups is 1. The quantitative estimate of drug-likeness (QED) is 0.836. The second-order valence-electron chi connectivity index (χ2n) is 5.63. The topological polar surface area (TPSA) is 41.9 Å². The van der Waals surface area contributed by atoms with Crippen molar-refractivity contribution in [1.29, 1.82) is 0 Å². The summed E-state index contributed by atoms with van der Waals surface area (Å²) in [5.41, 5.74) is 4.78. The zero-order valence-corrected chi connectivity index (χ0v) is 14.0. The van der Waals surface area contributed by atoms with Gasteiger partial charge in [0, 0.05) is 10.6 Å². The smallest absolute Gasteiger partial charge is 0.285 e. The summed E-state index contributed by atoms with van der Waals surface area (Å²) in [6.07, 6.45) is 0. The normalized spacial score (nSPS) is 14.5. The lowest BCUT2D eigenvalue weighted by atomic mass is 10.1. The standard InChI is InChI=1S/C18H17ClN2O2/c1-11-4-6-14(8-13(11)3)18-20-21(17(22)10-23-18)15-7-5-12(2)16(19)9-15/h4-9H,10H2,1-3H3. The average Bonchev–Trinajstić information content (AvgIpc) is 2.53. The zero-order chi connectivity index (χ0) is 16.6. The van der Waals surface area contributed by atoms with E-state index in [4.69, 9.17) is 16.3 Å². The first kappa shape index (κ1) is 15.6. The average molecular weight is 329 g/mol. The third-order valence-corrected chi connectivity index (χ3v) is 4.32. The highest BCUT2D eigenvalue weighted by Gasteiger charge is 2.24. The van der Waals surface area contributed by atoms with Crippen LogP contribution >= 0.6 is 11.6 Å². The largest absolute Gasteiger partial charge is 0.466 e. The second kappa shape index (κ2) is 6.05. The summed E-state index contributed by atoms with van der Waals surface area (Å²) in [4.78, 5) is 12.1. The van der Waals surface area contributed by atoms with Crippen molar-refractivity contribution in [2.45, 2.75) is 20.8 Å². The summed E-state index contributed by atoms with van der Waals surface area (Å²) in [6.45, 7) is 5.95. The number of amides is 1. The molecule has 5 heteroatoms. The molecule has 1 heterocycles. The monoisotopic (exact) mass is 328 g/mol. The van der Waals surface area contributed by atoms with Crippen LogP contribution in [0.25, 0.3) is 0 Å². The molecule has 0 atom stereocenters. The van der Waals surface area contributed by atoms with Gasteiger partial charge in [-0.15, -0.1) is 5.10 Å². The fourth-order valence-electron chi connectivity index (χ4n) is 2.30. The maximum Gasteiger partial charge on any atom is 0.285 e. The maximum atomic E-state index is 12.1. The predicted octanol–water partition coefficient (Wildman–Crippen LogP) is 3.99. The Bertz CT molecular complexity index is 815. The molecule has 0 saturated carbocycles. The van der Waals surface area contributed by atoms with E-state index in [1.165, 1.54) is 10.6 Å². The molecule has 0 fully saturated rings. The highest BCUT2D eigenvalue weighted by atomic mass is 35.5. The van der Waals surface area contributed by atoms with Crippen LogP contribution in [0.1, 0.15) is 22.3 Å². The number of benzene rings is 2. The molecule has 1 amide bonds. The maximum absolute atomic E-state index is 12.1. The summed E-state index contributed by atoms with van der Waals surface area (Å²) in [5.74, 6) is 0.210. The molecule has 4 nitrogen and oxygen atoms in total. The van der Waals surface area contributed by atoms with Crippen LogP contribution in [0.5, 0.6) is 0 Å². The number of hydrogen-bond donors (Lipinski definition) is 0. The van der Waals surface area contributed by atoms with Gasteiger partial charge in [0.2, 0.25) is 5.90 Å². The van der Waals surface area contributed by atoms with Gasteiger partial charge in [-0.2, -0.15) is 5.01 Å². The van der Waals surface area contributed by atoms with Crippen LogP contribution in [0, 0.1) is 20.8 Å². The van der Waals surface area contributed by atoms with E-state index < -0.39 is 0 Å². The Labute approximate surface area is 140 Å². The number of nitrogens with zero attached hydrogens (tertiary/aromatic N) is 2. The summed E-state index contributed by atoms with van der Waals surface area (Å²) < 4.78 is 5.50. The summed E-state index contributed by atoms with van der Waals surface area (Å²) >= 11 is 6.15. The molecule has 0 spiro atoms. The number of ether oxygens (including phenoxy) is 1. The molecular weight excluding hydrogens is 312 g/mol. The van der Waals surface area contributed by atoms with Crippen molar-refractivity contribution in [3.8, 4) is 0 Å². The van der Waals surface area contributed by atoms with Crippen molar-refractivity contribution < 1.29 is 9.53 Å². The predicted molar refractivity (Wildman–Crippen MR) is 92.1 cm³/mol. The molecule has 1 aliphatic rings. The van der Waals surface area contributed by atoms with Crippen LogP contribution in [0.4, 0.5) is 5.69 Å². The van der Waals surface area contributed by atoms with Gasteiger partial charge in [-0.05, 0) is 61.7 Å². The summed E-state index contributed by atoms with van der Waals surface area (Å²) in [5, 5.41) is 6.31. The molecular formula is C18H17ClN2O2. The first-order valence-electron chi connectivity index (χ1n) is 7.34. The lowest BCUT2D eigenvalue weighted by molar-refractivity contribution is -0.121. The molecule has 0 radical (unpaired) electrons. The van der Waals surface area contributed by atoms with Crippen molar-refractivity contribution in [2.75, 3.05) is 11.6 Å². The lowest BCUT2D eigenvalue weighted by Gasteiger charge is -2.24. The molecule has 2 aromatic carbocycles. The fourth-order valence-corrected chi connectivity index (χ4v) is 2.47. The molecule has 3 rings (SSSR count). The van der Waals surface area contributed by atoms with Crippen LogP contribution < -0.4 is 5.01 Å². The van der Waals surface area contributed by atoms with E-state index in [0.717, 1.165) is 16.7 Å². The van der Waals surface area contributed by atoms with Gasteiger partial charge in [0.1, 0.15) is 0 Å². The Balaban J connectivity index is 2.00. The van der Waals surface area contributed by atoms with E-state index in [1.54, 1.807) is 6.07 Å². The van der Waals surface area contributed by atoms with Crippen molar-refractivity contribution in [3.63, 3.8) is 0 Å². The van der Waals surface area contributed by atoms with Crippen molar-refractivity contribution in [3.05, 3.63) is 63.7 Å². The molecule has 0 N–H and O–H groups in total. The van der Waals surface area contributed by atoms with Crippen LogP contribution in [0.2, 0.25) is 5.02 Å².